The van der Waals surface area contributed by atoms with E-state index in [9.17, 15) is 4.79 Å². The van der Waals surface area contributed by atoms with Gasteiger partial charge in [-0.1, -0.05) is 0 Å². The van der Waals surface area contributed by atoms with E-state index in [1.807, 2.05) is 12.1 Å². The Morgan fingerprint density at radius 3 is 3.10 bits per heavy atom. The SMILES string of the molecule is COc1cc(CNC(=O)CSC2CCNCC2)ccn1. The first-order valence-corrected chi connectivity index (χ1v) is 7.91. The van der Waals surface area contributed by atoms with Crippen molar-refractivity contribution in [2.75, 3.05) is 26.0 Å². The van der Waals surface area contributed by atoms with Crippen LogP contribution in [0.1, 0.15) is 18.4 Å². The largest absolute Gasteiger partial charge is 0.481 e. The Balaban J connectivity index is 1.68. The fourth-order valence-electron chi connectivity index (χ4n) is 2.08. The molecule has 0 atom stereocenters. The average molecular weight is 295 g/mol. The number of nitrogens with one attached hydrogen (secondary N) is 2. The second-order valence-corrected chi connectivity index (χ2v) is 6.03. The Kier molecular flexibility index (Phi) is 6.14. The van der Waals surface area contributed by atoms with Gasteiger partial charge in [-0.15, -0.1) is 11.8 Å². The van der Waals surface area contributed by atoms with Gasteiger partial charge >= 0.3 is 0 Å². The Labute approximate surface area is 123 Å². The number of hydrogen-bond acceptors (Lipinski definition) is 5. The van der Waals surface area contributed by atoms with E-state index < -0.39 is 0 Å². The van der Waals surface area contributed by atoms with E-state index in [1.165, 1.54) is 0 Å². The third kappa shape index (κ3) is 5.02. The van der Waals surface area contributed by atoms with Crippen molar-refractivity contribution in [3.63, 3.8) is 0 Å². The first-order valence-electron chi connectivity index (χ1n) is 6.86. The molecule has 0 radical (unpaired) electrons. The van der Waals surface area contributed by atoms with E-state index in [1.54, 1.807) is 25.1 Å². The monoisotopic (exact) mass is 295 g/mol. The molecule has 1 saturated heterocycles. The quantitative estimate of drug-likeness (QED) is 0.825. The van der Waals surface area contributed by atoms with Crippen molar-refractivity contribution < 1.29 is 9.53 Å². The number of aromatic nitrogens is 1. The van der Waals surface area contributed by atoms with Gasteiger partial charge in [0.05, 0.1) is 12.9 Å². The number of carbonyl (C=O) groups is 1. The van der Waals surface area contributed by atoms with Crippen LogP contribution in [0.5, 0.6) is 5.88 Å². The van der Waals surface area contributed by atoms with Crippen LogP contribution in [0, 0.1) is 0 Å². The second-order valence-electron chi connectivity index (χ2n) is 4.74. The number of ether oxygens (including phenoxy) is 1. The summed E-state index contributed by atoms with van der Waals surface area (Å²) in [7, 11) is 1.58. The molecule has 2 heterocycles. The topological polar surface area (TPSA) is 63.2 Å². The minimum atomic E-state index is 0.0873. The molecule has 110 valence electrons. The molecule has 1 aliphatic heterocycles. The van der Waals surface area contributed by atoms with E-state index in [0.29, 0.717) is 23.4 Å². The van der Waals surface area contributed by atoms with Crippen LogP contribution in [-0.4, -0.2) is 42.1 Å². The zero-order chi connectivity index (χ0) is 14.2. The summed E-state index contributed by atoms with van der Waals surface area (Å²) >= 11 is 1.76. The molecule has 0 bridgehead atoms. The molecule has 0 unspecified atom stereocenters. The lowest BCUT2D eigenvalue weighted by molar-refractivity contribution is -0.118. The van der Waals surface area contributed by atoms with Gasteiger partial charge in [0.15, 0.2) is 0 Å². The van der Waals surface area contributed by atoms with Gasteiger partial charge in [-0.25, -0.2) is 4.98 Å². The lowest BCUT2D eigenvalue weighted by atomic mass is 10.2. The van der Waals surface area contributed by atoms with Gasteiger partial charge in [0.1, 0.15) is 0 Å². The van der Waals surface area contributed by atoms with E-state index in [0.717, 1.165) is 31.5 Å². The molecule has 0 spiro atoms. The maximum absolute atomic E-state index is 11.8. The molecule has 20 heavy (non-hydrogen) atoms. The molecule has 1 amide bonds. The smallest absolute Gasteiger partial charge is 0.230 e. The fourth-order valence-corrected chi connectivity index (χ4v) is 3.14. The third-order valence-corrected chi connectivity index (χ3v) is 4.61. The molecule has 0 aromatic carbocycles. The van der Waals surface area contributed by atoms with Crippen molar-refractivity contribution in [1.29, 1.82) is 0 Å². The summed E-state index contributed by atoms with van der Waals surface area (Å²) in [5.41, 5.74) is 0.997. The van der Waals surface area contributed by atoms with Crippen molar-refractivity contribution in [1.82, 2.24) is 15.6 Å². The standard InChI is InChI=1S/C14H21N3O2S/c1-19-14-8-11(2-7-16-14)9-17-13(18)10-20-12-3-5-15-6-4-12/h2,7-8,12,15H,3-6,9-10H2,1H3,(H,17,18). The minimum absolute atomic E-state index is 0.0873. The number of thioether (sulfide) groups is 1. The molecule has 1 fully saturated rings. The summed E-state index contributed by atoms with van der Waals surface area (Å²) in [5.74, 6) is 1.19. The van der Waals surface area contributed by atoms with Crippen LogP contribution in [-0.2, 0) is 11.3 Å². The van der Waals surface area contributed by atoms with Crippen molar-refractivity contribution >= 4 is 17.7 Å². The van der Waals surface area contributed by atoms with Gasteiger partial charge < -0.3 is 15.4 Å². The summed E-state index contributed by atoms with van der Waals surface area (Å²) in [6.45, 7) is 2.65. The number of nitrogens with zero attached hydrogens (tertiary/aromatic N) is 1. The maximum atomic E-state index is 11.8. The zero-order valence-electron chi connectivity index (χ0n) is 11.7. The van der Waals surface area contributed by atoms with Crippen LogP contribution in [0.15, 0.2) is 18.3 Å². The van der Waals surface area contributed by atoms with Gasteiger partial charge in [0.2, 0.25) is 11.8 Å². The maximum Gasteiger partial charge on any atom is 0.230 e. The Morgan fingerprint density at radius 1 is 1.55 bits per heavy atom. The number of pyridine rings is 1. The second kappa shape index (κ2) is 8.11. The molecule has 5 nitrogen and oxygen atoms in total. The van der Waals surface area contributed by atoms with Crippen LogP contribution in [0.3, 0.4) is 0 Å². The molecule has 2 rings (SSSR count). The summed E-state index contributed by atoms with van der Waals surface area (Å²) in [4.78, 5) is 15.9. The zero-order valence-corrected chi connectivity index (χ0v) is 12.5. The molecular formula is C14H21N3O2S. The first-order chi connectivity index (χ1) is 9.78. The summed E-state index contributed by atoms with van der Waals surface area (Å²) in [6.07, 6.45) is 3.99. The highest BCUT2D eigenvalue weighted by Gasteiger charge is 2.14. The van der Waals surface area contributed by atoms with E-state index in [-0.39, 0.29) is 5.91 Å². The number of piperidine rings is 1. The van der Waals surface area contributed by atoms with Crippen molar-refractivity contribution in [2.45, 2.75) is 24.6 Å². The average Bonchev–Trinajstić information content (AvgIpc) is 2.52. The molecule has 1 aliphatic rings. The van der Waals surface area contributed by atoms with Crippen molar-refractivity contribution in [2.24, 2.45) is 0 Å². The predicted octanol–water partition coefficient (Wildman–Crippen LogP) is 1.19. The van der Waals surface area contributed by atoms with Crippen LogP contribution >= 0.6 is 11.8 Å². The predicted molar refractivity (Wildman–Crippen MR) is 81.0 cm³/mol. The van der Waals surface area contributed by atoms with E-state index in [4.69, 9.17) is 4.74 Å². The van der Waals surface area contributed by atoms with Crippen LogP contribution in [0.2, 0.25) is 0 Å². The molecule has 6 heteroatoms. The number of amides is 1. The van der Waals surface area contributed by atoms with Gasteiger partial charge in [-0.3, -0.25) is 4.79 Å². The fraction of sp³-hybridized carbons (Fsp3) is 0.571. The lowest BCUT2D eigenvalue weighted by Crippen LogP contribution is -2.31. The molecule has 0 saturated carbocycles. The Hall–Kier alpha value is -1.27. The number of methoxy groups -OCH3 is 1. The highest BCUT2D eigenvalue weighted by atomic mass is 32.2. The van der Waals surface area contributed by atoms with Crippen LogP contribution in [0.4, 0.5) is 0 Å². The first kappa shape index (κ1) is 15.1. The van der Waals surface area contributed by atoms with Gasteiger partial charge in [0.25, 0.3) is 0 Å². The van der Waals surface area contributed by atoms with Crippen molar-refractivity contribution in [3.05, 3.63) is 23.9 Å². The third-order valence-electron chi connectivity index (χ3n) is 3.23. The van der Waals surface area contributed by atoms with Gasteiger partial charge in [-0.2, -0.15) is 0 Å². The van der Waals surface area contributed by atoms with Crippen LogP contribution in [0.25, 0.3) is 0 Å². The Bertz CT molecular complexity index is 436. The van der Waals surface area contributed by atoms with E-state index >= 15 is 0 Å². The molecular weight excluding hydrogens is 274 g/mol. The highest BCUT2D eigenvalue weighted by molar-refractivity contribution is 8.00. The van der Waals surface area contributed by atoms with Gasteiger partial charge in [-0.05, 0) is 37.6 Å². The summed E-state index contributed by atoms with van der Waals surface area (Å²) in [6, 6.07) is 3.71. The van der Waals surface area contributed by atoms with Crippen LogP contribution < -0.4 is 15.4 Å². The van der Waals surface area contributed by atoms with Crippen molar-refractivity contribution in [3.8, 4) is 5.88 Å². The molecule has 1 aromatic heterocycles. The highest BCUT2D eigenvalue weighted by Crippen LogP contribution is 2.19. The summed E-state index contributed by atoms with van der Waals surface area (Å²) < 4.78 is 5.05. The van der Waals surface area contributed by atoms with E-state index in [2.05, 4.69) is 15.6 Å². The number of hydrogen-bond donors (Lipinski definition) is 2. The molecule has 0 aliphatic carbocycles. The van der Waals surface area contributed by atoms with Gasteiger partial charge in [0, 0.05) is 24.1 Å². The number of rotatable bonds is 6. The number of carbonyl (C=O) groups excluding carboxylic acids is 1. The normalized spacial score (nSPS) is 15.8. The lowest BCUT2D eigenvalue weighted by Gasteiger charge is -2.21. The molecule has 2 N–H and O–H groups in total. The Morgan fingerprint density at radius 2 is 2.35 bits per heavy atom. The molecule has 1 aromatic rings. The minimum Gasteiger partial charge on any atom is -0.481 e. The summed E-state index contributed by atoms with van der Waals surface area (Å²) in [5, 5.41) is 6.87.